The molecular formula is C14H20ClNO. The lowest BCUT2D eigenvalue weighted by Crippen LogP contribution is -2.42. The summed E-state index contributed by atoms with van der Waals surface area (Å²) < 4.78 is 5.69. The molecule has 3 heteroatoms. The molecular weight excluding hydrogens is 234 g/mol. The Kier molecular flexibility index (Phi) is 4.30. The van der Waals surface area contributed by atoms with Crippen LogP contribution in [0.25, 0.3) is 0 Å². The second-order valence-corrected chi connectivity index (χ2v) is 4.86. The predicted octanol–water partition coefficient (Wildman–Crippen LogP) is 3.35. The zero-order valence-corrected chi connectivity index (χ0v) is 11.3. The van der Waals surface area contributed by atoms with Gasteiger partial charge >= 0.3 is 0 Å². The number of hydrogen-bond acceptors (Lipinski definition) is 2. The van der Waals surface area contributed by atoms with Gasteiger partial charge in [0, 0.05) is 24.7 Å². The van der Waals surface area contributed by atoms with Gasteiger partial charge in [0.2, 0.25) is 0 Å². The first-order valence-corrected chi connectivity index (χ1v) is 6.80. The summed E-state index contributed by atoms with van der Waals surface area (Å²) in [6.07, 6.45) is 1.45. The number of nitrogens with zero attached hydrogens (tertiary/aromatic N) is 1. The van der Waals surface area contributed by atoms with Crippen LogP contribution in [0.4, 0.5) is 5.69 Å². The molecule has 0 amide bonds. The zero-order valence-electron chi connectivity index (χ0n) is 10.6. The second-order valence-electron chi connectivity index (χ2n) is 4.59. The molecule has 1 saturated heterocycles. The number of morpholine rings is 1. The molecule has 1 heterocycles. The normalized spacial score (nSPS) is 20.6. The van der Waals surface area contributed by atoms with E-state index in [9.17, 15) is 0 Å². The smallest absolute Gasteiger partial charge is 0.0748 e. The molecule has 1 aromatic carbocycles. The van der Waals surface area contributed by atoms with Crippen LogP contribution in [-0.4, -0.2) is 25.8 Å². The van der Waals surface area contributed by atoms with Crippen molar-refractivity contribution >= 4 is 17.3 Å². The third kappa shape index (κ3) is 2.93. The summed E-state index contributed by atoms with van der Waals surface area (Å²) in [5, 5.41) is 0. The van der Waals surface area contributed by atoms with Crippen molar-refractivity contribution in [2.75, 3.05) is 24.6 Å². The number of benzene rings is 1. The fourth-order valence-electron chi connectivity index (χ4n) is 2.23. The average molecular weight is 254 g/mol. The van der Waals surface area contributed by atoms with Gasteiger partial charge < -0.3 is 9.64 Å². The molecule has 1 fully saturated rings. The molecule has 2 rings (SSSR count). The fourth-order valence-corrected chi connectivity index (χ4v) is 2.53. The fraction of sp³-hybridized carbons (Fsp3) is 0.571. The minimum atomic E-state index is 0.372. The largest absolute Gasteiger partial charge is 0.375 e. The minimum Gasteiger partial charge on any atom is -0.375 e. The highest BCUT2D eigenvalue weighted by atomic mass is 35.5. The summed E-state index contributed by atoms with van der Waals surface area (Å²) >= 11 is 5.88. The summed E-state index contributed by atoms with van der Waals surface area (Å²) in [6.45, 7) is 7.11. The maximum atomic E-state index is 5.88. The van der Waals surface area contributed by atoms with Crippen molar-refractivity contribution in [3.8, 4) is 0 Å². The molecule has 0 bridgehead atoms. The number of alkyl halides is 1. The van der Waals surface area contributed by atoms with E-state index in [4.69, 9.17) is 16.3 Å². The SMILES string of the molecule is CCC1CN(c2ccc(CCl)c(C)c2)CCO1. The van der Waals surface area contributed by atoms with Gasteiger partial charge in [0.25, 0.3) is 0 Å². The molecule has 0 radical (unpaired) electrons. The van der Waals surface area contributed by atoms with Gasteiger partial charge in [-0.25, -0.2) is 0 Å². The Bertz CT molecular complexity index is 380. The van der Waals surface area contributed by atoms with Crippen molar-refractivity contribution in [2.45, 2.75) is 32.3 Å². The second kappa shape index (κ2) is 5.74. The van der Waals surface area contributed by atoms with E-state index in [0.717, 1.165) is 26.1 Å². The molecule has 94 valence electrons. The first-order chi connectivity index (χ1) is 8.24. The van der Waals surface area contributed by atoms with Crippen molar-refractivity contribution in [3.05, 3.63) is 29.3 Å². The van der Waals surface area contributed by atoms with Crippen LogP contribution in [0, 0.1) is 6.92 Å². The van der Waals surface area contributed by atoms with Gasteiger partial charge in [-0.15, -0.1) is 11.6 Å². The lowest BCUT2D eigenvalue weighted by atomic mass is 10.1. The molecule has 1 aliphatic rings. The van der Waals surface area contributed by atoms with E-state index >= 15 is 0 Å². The van der Waals surface area contributed by atoms with E-state index in [-0.39, 0.29) is 0 Å². The van der Waals surface area contributed by atoms with Gasteiger partial charge in [-0.3, -0.25) is 0 Å². The molecule has 0 aromatic heterocycles. The highest BCUT2D eigenvalue weighted by molar-refractivity contribution is 6.17. The van der Waals surface area contributed by atoms with E-state index in [2.05, 4.69) is 36.9 Å². The molecule has 1 unspecified atom stereocenters. The van der Waals surface area contributed by atoms with E-state index in [0.29, 0.717) is 12.0 Å². The van der Waals surface area contributed by atoms with Crippen LogP contribution in [0.5, 0.6) is 0 Å². The van der Waals surface area contributed by atoms with Crippen LogP contribution in [-0.2, 0) is 10.6 Å². The van der Waals surface area contributed by atoms with Crippen molar-refractivity contribution < 1.29 is 4.74 Å². The molecule has 17 heavy (non-hydrogen) atoms. The molecule has 0 aliphatic carbocycles. The maximum Gasteiger partial charge on any atom is 0.0748 e. The Morgan fingerprint density at radius 3 is 2.94 bits per heavy atom. The van der Waals surface area contributed by atoms with Gasteiger partial charge in [0.05, 0.1) is 12.7 Å². The van der Waals surface area contributed by atoms with Crippen LogP contribution < -0.4 is 4.90 Å². The lowest BCUT2D eigenvalue weighted by Gasteiger charge is -2.34. The van der Waals surface area contributed by atoms with Crippen LogP contribution in [0.15, 0.2) is 18.2 Å². The molecule has 1 atom stereocenters. The summed E-state index contributed by atoms with van der Waals surface area (Å²) in [4.78, 5) is 2.41. The number of anilines is 1. The number of rotatable bonds is 3. The maximum absolute atomic E-state index is 5.88. The monoisotopic (exact) mass is 253 g/mol. The van der Waals surface area contributed by atoms with Gasteiger partial charge in [-0.1, -0.05) is 13.0 Å². The van der Waals surface area contributed by atoms with Crippen molar-refractivity contribution in [3.63, 3.8) is 0 Å². The number of ether oxygens (including phenoxy) is 1. The topological polar surface area (TPSA) is 12.5 Å². The Morgan fingerprint density at radius 2 is 2.29 bits per heavy atom. The van der Waals surface area contributed by atoms with Crippen LogP contribution in [0.2, 0.25) is 0 Å². The first-order valence-electron chi connectivity index (χ1n) is 6.26. The van der Waals surface area contributed by atoms with Crippen LogP contribution in [0.3, 0.4) is 0 Å². The summed E-state index contributed by atoms with van der Waals surface area (Å²) in [5.41, 5.74) is 3.78. The number of aryl methyl sites for hydroxylation is 1. The summed E-state index contributed by atoms with van der Waals surface area (Å²) in [5.74, 6) is 0.590. The zero-order chi connectivity index (χ0) is 12.3. The number of hydrogen-bond donors (Lipinski definition) is 0. The van der Waals surface area contributed by atoms with E-state index in [1.807, 2.05) is 0 Å². The Morgan fingerprint density at radius 1 is 1.47 bits per heavy atom. The van der Waals surface area contributed by atoms with E-state index in [1.165, 1.54) is 16.8 Å². The van der Waals surface area contributed by atoms with Gasteiger partial charge in [-0.05, 0) is 36.6 Å². The van der Waals surface area contributed by atoms with Crippen LogP contribution in [0.1, 0.15) is 24.5 Å². The third-order valence-corrected chi connectivity index (χ3v) is 3.72. The standard InChI is InChI=1S/C14H20ClNO/c1-3-14-10-16(6-7-17-14)13-5-4-12(9-15)11(2)8-13/h4-5,8,14H,3,6-7,9-10H2,1-2H3. The van der Waals surface area contributed by atoms with Crippen molar-refractivity contribution in [1.82, 2.24) is 0 Å². The summed E-state index contributed by atoms with van der Waals surface area (Å²) in [7, 11) is 0. The Balaban J connectivity index is 2.13. The summed E-state index contributed by atoms with van der Waals surface area (Å²) in [6, 6.07) is 6.53. The molecule has 1 aromatic rings. The van der Waals surface area contributed by atoms with Gasteiger partial charge in [0.1, 0.15) is 0 Å². The minimum absolute atomic E-state index is 0.372. The average Bonchev–Trinajstić information content (AvgIpc) is 2.38. The van der Waals surface area contributed by atoms with Gasteiger partial charge in [0.15, 0.2) is 0 Å². The molecule has 0 saturated carbocycles. The molecule has 2 nitrogen and oxygen atoms in total. The molecule has 1 aliphatic heterocycles. The van der Waals surface area contributed by atoms with Crippen LogP contribution >= 0.6 is 11.6 Å². The van der Waals surface area contributed by atoms with Gasteiger partial charge in [-0.2, -0.15) is 0 Å². The van der Waals surface area contributed by atoms with Crippen molar-refractivity contribution in [2.24, 2.45) is 0 Å². The lowest BCUT2D eigenvalue weighted by molar-refractivity contribution is 0.0384. The molecule has 0 N–H and O–H groups in total. The third-order valence-electron chi connectivity index (χ3n) is 3.43. The highest BCUT2D eigenvalue weighted by Crippen LogP contribution is 2.22. The molecule has 0 spiro atoms. The predicted molar refractivity (Wildman–Crippen MR) is 73.0 cm³/mol. The van der Waals surface area contributed by atoms with Crippen molar-refractivity contribution in [1.29, 1.82) is 0 Å². The first kappa shape index (κ1) is 12.7. The Hall–Kier alpha value is -0.730. The quantitative estimate of drug-likeness (QED) is 0.766. The van der Waals surface area contributed by atoms with E-state index in [1.54, 1.807) is 0 Å². The van der Waals surface area contributed by atoms with E-state index < -0.39 is 0 Å². The Labute approximate surface area is 109 Å². The number of halogens is 1. The highest BCUT2D eigenvalue weighted by Gasteiger charge is 2.19.